The van der Waals surface area contributed by atoms with Gasteiger partial charge in [-0.2, -0.15) is 16.7 Å². The number of nitrogens with zero attached hydrogens (tertiary/aromatic N) is 3. The first kappa shape index (κ1) is 42.5. The molecule has 2 aromatic heterocycles. The molecule has 0 unspecified atom stereocenters. The van der Waals surface area contributed by atoms with Crippen LogP contribution in [-0.2, 0) is 35.3 Å². The molecule has 21 heteroatoms. The second-order valence-corrected chi connectivity index (χ2v) is 13.2. The van der Waals surface area contributed by atoms with E-state index in [2.05, 4.69) is 35.9 Å². The van der Waals surface area contributed by atoms with Crippen LogP contribution in [0.4, 0.5) is 11.6 Å². The van der Waals surface area contributed by atoms with Crippen molar-refractivity contribution in [3.05, 3.63) is 52.1 Å². The molecule has 1 aromatic carbocycles. The van der Waals surface area contributed by atoms with Crippen molar-refractivity contribution in [2.45, 2.75) is 57.2 Å². The van der Waals surface area contributed by atoms with Crippen molar-refractivity contribution in [3.63, 3.8) is 0 Å². The zero-order chi connectivity index (χ0) is 39.9. The van der Waals surface area contributed by atoms with Gasteiger partial charge < -0.3 is 42.7 Å². The molecular formula is C33H41N9O11S. The minimum absolute atomic E-state index is 0.0192. The van der Waals surface area contributed by atoms with E-state index in [0.717, 1.165) is 0 Å². The number of carbonyl (C=O) groups excluding carboxylic acids is 4. The van der Waals surface area contributed by atoms with Gasteiger partial charge in [-0.1, -0.05) is 0 Å². The average molecular weight is 772 g/mol. The maximum absolute atomic E-state index is 12.9. The van der Waals surface area contributed by atoms with Crippen LogP contribution in [0.2, 0.25) is 0 Å². The number of fused-ring (bicyclic) bond motifs is 1. The molecule has 20 nitrogen and oxygen atoms in total. The van der Waals surface area contributed by atoms with Crippen molar-refractivity contribution in [1.82, 2.24) is 30.6 Å². The summed E-state index contributed by atoms with van der Waals surface area (Å²) in [5.74, 6) is -8.79. The van der Waals surface area contributed by atoms with E-state index in [-0.39, 0.29) is 48.5 Å². The highest BCUT2D eigenvalue weighted by molar-refractivity contribution is 7.98. The Bertz CT molecular complexity index is 1920. The second kappa shape index (κ2) is 20.3. The first-order valence-corrected chi connectivity index (χ1v) is 17.9. The van der Waals surface area contributed by atoms with Crippen molar-refractivity contribution in [3.8, 4) is 0 Å². The molecule has 2 amide bonds. The fraction of sp³-hybridized carbons (Fsp3) is 0.424. The zero-order valence-electron chi connectivity index (χ0n) is 29.1. The molecule has 4 atom stereocenters. The van der Waals surface area contributed by atoms with Crippen LogP contribution in [0.1, 0.15) is 54.6 Å². The Labute approximate surface area is 311 Å². The SMILES string of the molecule is CSCC[C@H](CC(=O)[C@H](CC(=O)O)NC(=O)[C@@H](N)CNC(=O)CC[C@@H](CC(=O)c1ccc(NCc2cnc3nc(N)[nH]c(=O)c3n2)cc1)C(=O)O)C(=O)O. The number of aliphatic carboxylic acids is 3. The summed E-state index contributed by atoms with van der Waals surface area (Å²) in [7, 11) is 0. The lowest BCUT2D eigenvalue weighted by atomic mass is 9.94. The number of rotatable bonds is 23. The van der Waals surface area contributed by atoms with Crippen LogP contribution in [-0.4, -0.2) is 107 Å². The summed E-state index contributed by atoms with van der Waals surface area (Å²) in [5, 5.41) is 36.0. The second-order valence-electron chi connectivity index (χ2n) is 12.2. The van der Waals surface area contributed by atoms with E-state index in [1.165, 1.54) is 30.1 Å². The number of nitrogen functional groups attached to an aromatic ring is 1. The molecular weight excluding hydrogens is 730 g/mol. The average Bonchev–Trinajstić information content (AvgIpc) is 3.12. The van der Waals surface area contributed by atoms with E-state index in [0.29, 0.717) is 17.1 Å². The smallest absolute Gasteiger partial charge is 0.306 e. The Morgan fingerprint density at radius 1 is 0.926 bits per heavy atom. The van der Waals surface area contributed by atoms with Crippen LogP contribution in [0.3, 0.4) is 0 Å². The summed E-state index contributed by atoms with van der Waals surface area (Å²) in [6, 6.07) is 3.21. The van der Waals surface area contributed by atoms with Crippen molar-refractivity contribution in [2.24, 2.45) is 17.6 Å². The number of nitrogens with one attached hydrogen (secondary N) is 4. The molecule has 0 radical (unpaired) electrons. The van der Waals surface area contributed by atoms with E-state index in [1.54, 1.807) is 18.4 Å². The number of ketones is 2. The van der Waals surface area contributed by atoms with E-state index < -0.39 is 96.6 Å². The Morgan fingerprint density at radius 3 is 2.22 bits per heavy atom. The molecule has 0 aliphatic carbocycles. The lowest BCUT2D eigenvalue weighted by Gasteiger charge is -2.21. The molecule has 0 fully saturated rings. The molecule has 0 bridgehead atoms. The number of carboxylic acid groups (broad SMARTS) is 3. The third-order valence-corrected chi connectivity index (χ3v) is 8.72. The number of Topliss-reactive ketones (excluding diaryl/α,β-unsaturated/α-hetero) is 2. The summed E-state index contributed by atoms with van der Waals surface area (Å²) in [4.78, 5) is 112. The molecule has 0 saturated carbocycles. The van der Waals surface area contributed by atoms with Crippen molar-refractivity contribution in [1.29, 1.82) is 0 Å². The fourth-order valence-corrected chi connectivity index (χ4v) is 5.56. The first-order valence-electron chi connectivity index (χ1n) is 16.5. The molecule has 11 N–H and O–H groups in total. The van der Waals surface area contributed by atoms with E-state index >= 15 is 0 Å². The molecule has 0 aliphatic heterocycles. The van der Waals surface area contributed by atoms with E-state index in [9.17, 15) is 53.7 Å². The molecule has 0 saturated heterocycles. The maximum atomic E-state index is 12.9. The molecule has 2 heterocycles. The predicted molar refractivity (Wildman–Crippen MR) is 194 cm³/mol. The highest BCUT2D eigenvalue weighted by Gasteiger charge is 2.30. The lowest BCUT2D eigenvalue weighted by molar-refractivity contribution is -0.144. The third kappa shape index (κ3) is 13.2. The van der Waals surface area contributed by atoms with Crippen LogP contribution in [0, 0.1) is 11.8 Å². The Hall–Kier alpha value is -5.96. The van der Waals surface area contributed by atoms with Crippen molar-refractivity contribution >= 4 is 75.9 Å². The van der Waals surface area contributed by atoms with Crippen molar-refractivity contribution < 1.29 is 48.9 Å². The normalized spacial score (nSPS) is 13.2. The van der Waals surface area contributed by atoms with Gasteiger partial charge in [0.1, 0.15) is 6.04 Å². The fourth-order valence-electron chi connectivity index (χ4n) is 5.04. The predicted octanol–water partition coefficient (Wildman–Crippen LogP) is -0.223. The van der Waals surface area contributed by atoms with Crippen LogP contribution < -0.4 is 33.0 Å². The quantitative estimate of drug-likeness (QED) is 0.0562. The van der Waals surface area contributed by atoms with Crippen LogP contribution in [0.5, 0.6) is 0 Å². The Morgan fingerprint density at radius 2 is 1.59 bits per heavy atom. The number of carboxylic acids is 3. The van der Waals surface area contributed by atoms with Gasteiger partial charge in [-0.05, 0) is 49.1 Å². The molecule has 0 spiro atoms. The molecule has 290 valence electrons. The van der Waals surface area contributed by atoms with Gasteiger partial charge in [0.25, 0.3) is 5.56 Å². The summed E-state index contributed by atoms with van der Waals surface area (Å²) >= 11 is 1.38. The number of anilines is 2. The van der Waals surface area contributed by atoms with Gasteiger partial charge in [0.05, 0.1) is 42.7 Å². The number of thioether (sulfide) groups is 1. The summed E-state index contributed by atoms with van der Waals surface area (Å²) in [6.07, 6.45) is 1.08. The van der Waals surface area contributed by atoms with Gasteiger partial charge in [-0.3, -0.25) is 43.3 Å². The van der Waals surface area contributed by atoms with Crippen LogP contribution >= 0.6 is 11.8 Å². The summed E-state index contributed by atoms with van der Waals surface area (Å²) in [6.45, 7) is -0.267. The van der Waals surface area contributed by atoms with E-state index in [1.807, 2.05) is 0 Å². The van der Waals surface area contributed by atoms with E-state index in [4.69, 9.17) is 11.5 Å². The molecule has 0 aliphatic rings. The zero-order valence-corrected chi connectivity index (χ0v) is 29.9. The third-order valence-electron chi connectivity index (χ3n) is 8.07. The maximum Gasteiger partial charge on any atom is 0.306 e. The van der Waals surface area contributed by atoms with Crippen LogP contribution in [0.25, 0.3) is 11.2 Å². The molecule has 54 heavy (non-hydrogen) atoms. The van der Waals surface area contributed by atoms with Gasteiger partial charge in [0.15, 0.2) is 22.7 Å². The van der Waals surface area contributed by atoms with Gasteiger partial charge in [0, 0.05) is 37.1 Å². The number of aromatic amines is 1. The number of aromatic nitrogens is 4. The summed E-state index contributed by atoms with van der Waals surface area (Å²) < 4.78 is 0. The highest BCUT2D eigenvalue weighted by Crippen LogP contribution is 2.19. The number of hydrogen-bond donors (Lipinski definition) is 9. The minimum Gasteiger partial charge on any atom is -0.481 e. The first-order chi connectivity index (χ1) is 25.6. The number of hydrogen-bond acceptors (Lipinski definition) is 15. The number of carbonyl (C=O) groups is 7. The standard InChI is InChI=1S/C33H41N9O11S/c1-54-9-8-18(32(52)53)11-24(44)22(12-26(46)47)40-29(48)21(34)15-37-25(45)7-4-17(31(50)51)10-23(43)16-2-5-19(6-3-16)36-13-20-14-38-28-27(39-20)30(49)42-33(35)41-28/h2-3,5-6,14,17-18,21-22,36H,4,7-13,15,34H2,1H3,(H,37,45)(H,40,48)(H,46,47)(H,50,51)(H,52,53)(H3,35,38,41,42,49)/t17-,18+,21-,22-/m0/s1. The molecule has 3 rings (SSSR count). The topological polar surface area (TPSA) is 340 Å². The number of H-pyrrole nitrogens is 1. The number of nitrogens with two attached hydrogens (primary N) is 2. The molecule has 3 aromatic rings. The number of amides is 2. The Balaban J connectivity index is 1.47. The van der Waals surface area contributed by atoms with Crippen LogP contribution in [0.15, 0.2) is 35.3 Å². The Kier molecular flexibility index (Phi) is 16.0. The number of benzene rings is 1. The van der Waals surface area contributed by atoms with Gasteiger partial charge in [0.2, 0.25) is 17.8 Å². The van der Waals surface area contributed by atoms with Gasteiger partial charge in [-0.15, -0.1) is 0 Å². The van der Waals surface area contributed by atoms with Gasteiger partial charge >= 0.3 is 17.9 Å². The minimum atomic E-state index is -1.55. The monoisotopic (exact) mass is 771 g/mol. The lowest BCUT2D eigenvalue weighted by Crippen LogP contribution is -2.53. The van der Waals surface area contributed by atoms with Gasteiger partial charge in [-0.25, -0.2) is 9.97 Å². The largest absolute Gasteiger partial charge is 0.481 e. The van der Waals surface area contributed by atoms with Crippen molar-refractivity contribution in [2.75, 3.05) is 29.6 Å². The summed E-state index contributed by atoms with van der Waals surface area (Å²) in [5.41, 5.74) is 12.2. The highest BCUT2D eigenvalue weighted by atomic mass is 32.2.